The van der Waals surface area contributed by atoms with Crippen LogP contribution in [0.4, 0.5) is 0 Å². The number of carbonyl (C=O) groups excluding carboxylic acids is 1. The van der Waals surface area contributed by atoms with Crippen molar-refractivity contribution in [2.45, 2.75) is 19.9 Å². The van der Waals surface area contributed by atoms with E-state index in [2.05, 4.69) is 5.32 Å². The fourth-order valence-electron chi connectivity index (χ4n) is 2.13. The summed E-state index contributed by atoms with van der Waals surface area (Å²) in [6, 6.07) is 14.7. The first-order chi connectivity index (χ1) is 10.6. The predicted octanol–water partition coefficient (Wildman–Crippen LogP) is 3.58. The first kappa shape index (κ1) is 15.9. The molecule has 2 aromatic carbocycles. The molecule has 2 rings (SSSR count). The van der Waals surface area contributed by atoms with Crippen LogP contribution in [0.15, 0.2) is 48.5 Å². The van der Waals surface area contributed by atoms with E-state index in [1.165, 1.54) is 0 Å². The van der Waals surface area contributed by atoms with Gasteiger partial charge in [0.15, 0.2) is 0 Å². The van der Waals surface area contributed by atoms with Gasteiger partial charge in [0.1, 0.15) is 11.5 Å². The van der Waals surface area contributed by atoms with Crippen LogP contribution in [0.25, 0.3) is 0 Å². The topological polar surface area (TPSA) is 47.6 Å². The van der Waals surface area contributed by atoms with Gasteiger partial charge in [-0.05, 0) is 55.8 Å². The summed E-state index contributed by atoms with van der Waals surface area (Å²) in [5.41, 5.74) is 1.64. The summed E-state index contributed by atoms with van der Waals surface area (Å²) in [6.07, 6.45) is 0. The third kappa shape index (κ3) is 4.01. The molecule has 0 spiro atoms. The molecule has 0 saturated heterocycles. The van der Waals surface area contributed by atoms with Gasteiger partial charge >= 0.3 is 0 Å². The molecule has 4 heteroatoms. The Morgan fingerprint density at radius 1 is 1.05 bits per heavy atom. The van der Waals surface area contributed by atoms with E-state index in [1.807, 2.05) is 38.1 Å². The van der Waals surface area contributed by atoms with Crippen LogP contribution in [0.2, 0.25) is 0 Å². The first-order valence-corrected chi connectivity index (χ1v) is 7.31. The summed E-state index contributed by atoms with van der Waals surface area (Å²) in [6.45, 7) is 4.49. The van der Waals surface area contributed by atoms with Crippen molar-refractivity contribution < 1.29 is 14.3 Å². The molecule has 116 valence electrons. The molecular formula is C18H21NO3. The summed E-state index contributed by atoms with van der Waals surface area (Å²) in [5, 5.41) is 2.98. The Morgan fingerprint density at radius 3 is 2.18 bits per heavy atom. The van der Waals surface area contributed by atoms with E-state index < -0.39 is 0 Å². The van der Waals surface area contributed by atoms with Crippen LogP contribution in [-0.4, -0.2) is 19.6 Å². The van der Waals surface area contributed by atoms with Crippen molar-refractivity contribution in [3.63, 3.8) is 0 Å². The van der Waals surface area contributed by atoms with Crippen molar-refractivity contribution in [3.05, 3.63) is 59.7 Å². The summed E-state index contributed by atoms with van der Waals surface area (Å²) in [4.78, 5) is 12.2. The highest BCUT2D eigenvalue weighted by Crippen LogP contribution is 2.18. The number of rotatable bonds is 6. The van der Waals surface area contributed by atoms with Gasteiger partial charge in [-0.15, -0.1) is 0 Å². The summed E-state index contributed by atoms with van der Waals surface area (Å²) in [7, 11) is 1.63. The maximum absolute atomic E-state index is 12.2. The van der Waals surface area contributed by atoms with Crippen molar-refractivity contribution >= 4 is 5.91 Å². The third-order valence-corrected chi connectivity index (χ3v) is 3.39. The van der Waals surface area contributed by atoms with Crippen LogP contribution in [0, 0.1) is 0 Å². The Labute approximate surface area is 131 Å². The van der Waals surface area contributed by atoms with Gasteiger partial charge in [-0.25, -0.2) is 0 Å². The Kier molecular flexibility index (Phi) is 5.42. The molecule has 0 aliphatic rings. The van der Waals surface area contributed by atoms with Gasteiger partial charge in [0.2, 0.25) is 0 Å². The summed E-state index contributed by atoms with van der Waals surface area (Å²) in [5.74, 6) is 1.46. The number of benzene rings is 2. The molecule has 0 heterocycles. The van der Waals surface area contributed by atoms with Crippen molar-refractivity contribution in [3.8, 4) is 11.5 Å². The number of nitrogens with one attached hydrogen (secondary N) is 1. The highest BCUT2D eigenvalue weighted by atomic mass is 16.5. The van der Waals surface area contributed by atoms with Crippen LogP contribution in [0.3, 0.4) is 0 Å². The Balaban J connectivity index is 2.00. The van der Waals surface area contributed by atoms with Gasteiger partial charge in [-0.3, -0.25) is 4.79 Å². The Hall–Kier alpha value is -2.49. The molecule has 0 aliphatic carbocycles. The lowest BCUT2D eigenvalue weighted by molar-refractivity contribution is 0.0940. The minimum Gasteiger partial charge on any atom is -0.497 e. The van der Waals surface area contributed by atoms with Crippen LogP contribution in [-0.2, 0) is 0 Å². The van der Waals surface area contributed by atoms with Crippen molar-refractivity contribution in [1.82, 2.24) is 5.32 Å². The number of methoxy groups -OCH3 is 1. The van der Waals surface area contributed by atoms with E-state index in [-0.39, 0.29) is 11.9 Å². The Bertz CT molecular complexity index is 605. The van der Waals surface area contributed by atoms with Gasteiger partial charge in [-0.1, -0.05) is 12.1 Å². The van der Waals surface area contributed by atoms with E-state index >= 15 is 0 Å². The van der Waals surface area contributed by atoms with Gasteiger partial charge in [0.05, 0.1) is 19.8 Å². The maximum atomic E-state index is 12.2. The molecule has 2 aromatic rings. The normalized spacial score (nSPS) is 11.6. The van der Waals surface area contributed by atoms with Crippen LogP contribution >= 0.6 is 0 Å². The van der Waals surface area contributed by atoms with E-state index in [1.54, 1.807) is 31.4 Å². The minimum atomic E-state index is -0.105. The second kappa shape index (κ2) is 7.50. The van der Waals surface area contributed by atoms with Crippen LogP contribution in [0.5, 0.6) is 11.5 Å². The van der Waals surface area contributed by atoms with Crippen LogP contribution in [0.1, 0.15) is 35.8 Å². The molecule has 22 heavy (non-hydrogen) atoms. The molecular weight excluding hydrogens is 278 g/mol. The van der Waals surface area contributed by atoms with Gasteiger partial charge in [0.25, 0.3) is 5.91 Å². The third-order valence-electron chi connectivity index (χ3n) is 3.39. The zero-order chi connectivity index (χ0) is 15.9. The quantitative estimate of drug-likeness (QED) is 0.887. The largest absolute Gasteiger partial charge is 0.497 e. The molecule has 0 bridgehead atoms. The molecule has 0 radical (unpaired) electrons. The van der Waals surface area contributed by atoms with Crippen molar-refractivity contribution in [1.29, 1.82) is 0 Å². The molecule has 4 nitrogen and oxygen atoms in total. The fraction of sp³-hybridized carbons (Fsp3) is 0.278. The maximum Gasteiger partial charge on any atom is 0.251 e. The van der Waals surface area contributed by atoms with Crippen molar-refractivity contribution in [2.24, 2.45) is 0 Å². The molecule has 1 N–H and O–H groups in total. The van der Waals surface area contributed by atoms with E-state index in [9.17, 15) is 4.79 Å². The molecule has 0 saturated carbocycles. The van der Waals surface area contributed by atoms with Gasteiger partial charge in [0, 0.05) is 5.56 Å². The van der Waals surface area contributed by atoms with E-state index in [0.717, 1.165) is 17.1 Å². The second-order valence-corrected chi connectivity index (χ2v) is 4.93. The standard InChI is InChI=1S/C18H21NO3/c1-4-22-17-11-7-15(8-12-17)18(20)19-13(2)14-5-9-16(21-3)10-6-14/h5-13H,4H2,1-3H3,(H,19,20)/t13-/m1/s1. The molecule has 0 fully saturated rings. The number of ether oxygens (including phenoxy) is 2. The average molecular weight is 299 g/mol. The monoisotopic (exact) mass is 299 g/mol. The zero-order valence-corrected chi connectivity index (χ0v) is 13.1. The average Bonchev–Trinajstić information content (AvgIpc) is 2.55. The van der Waals surface area contributed by atoms with E-state index in [0.29, 0.717) is 12.2 Å². The first-order valence-electron chi connectivity index (χ1n) is 7.31. The lowest BCUT2D eigenvalue weighted by Crippen LogP contribution is -2.26. The minimum absolute atomic E-state index is 0.0787. The smallest absolute Gasteiger partial charge is 0.251 e. The van der Waals surface area contributed by atoms with Crippen LogP contribution < -0.4 is 14.8 Å². The second-order valence-electron chi connectivity index (χ2n) is 4.93. The zero-order valence-electron chi connectivity index (χ0n) is 13.1. The summed E-state index contributed by atoms with van der Waals surface area (Å²) < 4.78 is 10.5. The number of hydrogen-bond acceptors (Lipinski definition) is 3. The van der Waals surface area contributed by atoms with Gasteiger partial charge < -0.3 is 14.8 Å². The number of hydrogen-bond donors (Lipinski definition) is 1. The fourth-order valence-corrected chi connectivity index (χ4v) is 2.13. The highest BCUT2D eigenvalue weighted by Gasteiger charge is 2.11. The lowest BCUT2D eigenvalue weighted by Gasteiger charge is -2.15. The molecule has 0 unspecified atom stereocenters. The van der Waals surface area contributed by atoms with Crippen molar-refractivity contribution in [2.75, 3.05) is 13.7 Å². The molecule has 1 atom stereocenters. The predicted molar refractivity (Wildman–Crippen MR) is 86.5 cm³/mol. The highest BCUT2D eigenvalue weighted by molar-refractivity contribution is 5.94. The molecule has 0 aromatic heterocycles. The number of amides is 1. The SMILES string of the molecule is CCOc1ccc(C(=O)N[C@H](C)c2ccc(OC)cc2)cc1. The Morgan fingerprint density at radius 2 is 1.64 bits per heavy atom. The molecule has 1 amide bonds. The lowest BCUT2D eigenvalue weighted by atomic mass is 10.1. The van der Waals surface area contributed by atoms with E-state index in [4.69, 9.17) is 9.47 Å². The molecule has 0 aliphatic heterocycles. The summed E-state index contributed by atoms with van der Waals surface area (Å²) >= 11 is 0. The van der Waals surface area contributed by atoms with Gasteiger partial charge in [-0.2, -0.15) is 0 Å². The number of carbonyl (C=O) groups is 1.